The van der Waals surface area contributed by atoms with Crippen molar-refractivity contribution in [3.05, 3.63) is 103 Å². The number of ether oxygens (including phenoxy) is 1. The Labute approximate surface area is 162 Å². The highest BCUT2D eigenvalue weighted by atomic mass is 16.5. The minimum absolute atomic E-state index is 0. The van der Waals surface area contributed by atoms with E-state index in [-0.39, 0.29) is 1.43 Å². The number of fused-ring (bicyclic) bond motifs is 1. The van der Waals surface area contributed by atoms with Crippen molar-refractivity contribution < 1.29 is 10.6 Å². The molecule has 140 valence electrons. The van der Waals surface area contributed by atoms with Crippen LogP contribution in [-0.2, 0) is 0 Å². The van der Waals surface area contributed by atoms with E-state index in [0.717, 1.165) is 28.5 Å². The van der Waals surface area contributed by atoms with Crippen LogP contribution in [0.5, 0.6) is 5.75 Å². The van der Waals surface area contributed by atoms with Gasteiger partial charge >= 0.3 is 0 Å². The molecule has 1 aromatic carbocycles. The summed E-state index contributed by atoms with van der Waals surface area (Å²) in [6.45, 7) is 11.5. The van der Waals surface area contributed by atoms with E-state index in [0.29, 0.717) is 5.88 Å². The molecular weight excluding hydrogens is 334 g/mol. The molecule has 27 heavy (non-hydrogen) atoms. The van der Waals surface area contributed by atoms with Gasteiger partial charge in [-0.2, -0.15) is 0 Å². The first-order valence-corrected chi connectivity index (χ1v) is 8.94. The number of rotatable bonds is 6. The molecule has 1 N–H and O–H groups in total. The van der Waals surface area contributed by atoms with Gasteiger partial charge in [-0.15, -0.1) is 0 Å². The Morgan fingerprint density at radius 3 is 2.41 bits per heavy atom. The van der Waals surface area contributed by atoms with Crippen LogP contribution in [0, 0.1) is 0 Å². The van der Waals surface area contributed by atoms with Crippen molar-refractivity contribution in [2.24, 2.45) is 0 Å². The van der Waals surface area contributed by atoms with Crippen LogP contribution in [0.25, 0.3) is 18.2 Å². The average molecular weight is 361 g/mol. The lowest BCUT2D eigenvalue weighted by atomic mass is 10.2. The van der Waals surface area contributed by atoms with Crippen LogP contribution in [0.4, 0.5) is 5.69 Å². The summed E-state index contributed by atoms with van der Waals surface area (Å²) in [4.78, 5) is 0. The van der Waals surface area contributed by atoms with E-state index in [1.807, 2.05) is 86.7 Å². The lowest BCUT2D eigenvalue weighted by Gasteiger charge is -1.94. The van der Waals surface area contributed by atoms with Crippen LogP contribution in [0.2, 0.25) is 0 Å². The third-order valence-corrected chi connectivity index (χ3v) is 3.53. The predicted octanol–water partition coefficient (Wildman–Crippen LogP) is 7.31. The molecule has 2 aromatic rings. The molecule has 0 saturated heterocycles. The number of hydrogen-bond donors (Lipinski definition) is 1. The Morgan fingerprint density at radius 1 is 0.963 bits per heavy atom. The highest BCUT2D eigenvalue weighted by molar-refractivity contribution is 5.64. The second-order valence-corrected chi connectivity index (χ2v) is 5.26. The molecule has 0 amide bonds. The van der Waals surface area contributed by atoms with Crippen LogP contribution in [0.15, 0.2) is 90.2 Å². The highest BCUT2D eigenvalue weighted by Gasteiger charge is 2.13. The summed E-state index contributed by atoms with van der Waals surface area (Å²) in [5.41, 5.74) is 1.92. The molecule has 0 radical (unpaired) electrons. The molecule has 0 spiro atoms. The van der Waals surface area contributed by atoms with Gasteiger partial charge in [0, 0.05) is 6.99 Å². The fourth-order valence-corrected chi connectivity index (χ4v) is 2.34. The Morgan fingerprint density at radius 2 is 1.70 bits per heavy atom. The molecule has 1 aliphatic rings. The molecule has 2 heterocycles. The third kappa shape index (κ3) is 5.51. The van der Waals surface area contributed by atoms with E-state index >= 15 is 0 Å². The predicted molar refractivity (Wildman–Crippen MR) is 118 cm³/mol. The van der Waals surface area contributed by atoms with Gasteiger partial charge in [-0.1, -0.05) is 75.6 Å². The second-order valence-electron chi connectivity index (χ2n) is 5.26. The number of furan rings is 1. The maximum Gasteiger partial charge on any atom is 0.198 e. The van der Waals surface area contributed by atoms with Gasteiger partial charge in [0.1, 0.15) is 11.5 Å². The number of para-hydroxylation sites is 2. The number of allylic oxidation sites excluding steroid dienone is 6. The average Bonchev–Trinajstić information content (AvgIpc) is 3.31. The zero-order chi connectivity index (χ0) is 19.5. The van der Waals surface area contributed by atoms with E-state index in [9.17, 15) is 0 Å². The Hall–Kier alpha value is -3.46. The first-order valence-electron chi connectivity index (χ1n) is 8.94. The molecular formula is C24H27NO2. The monoisotopic (exact) mass is 361 g/mol. The lowest BCUT2D eigenvalue weighted by Crippen LogP contribution is -1.94. The Kier molecular flexibility index (Phi) is 7.73. The van der Waals surface area contributed by atoms with Crippen molar-refractivity contribution in [3.8, 4) is 5.75 Å². The van der Waals surface area contributed by atoms with Crippen molar-refractivity contribution in [1.29, 1.82) is 0 Å². The summed E-state index contributed by atoms with van der Waals surface area (Å²) in [6.07, 6.45) is 16.8. The molecule has 0 unspecified atom stereocenters. The van der Waals surface area contributed by atoms with Gasteiger partial charge in [0.05, 0.1) is 5.69 Å². The molecule has 1 aliphatic heterocycles. The van der Waals surface area contributed by atoms with Crippen LogP contribution in [-0.4, -0.2) is 0 Å². The zero-order valence-corrected chi connectivity index (χ0v) is 15.8. The molecule has 0 atom stereocenters. The number of benzene rings is 1. The van der Waals surface area contributed by atoms with Crippen LogP contribution < -0.4 is 10.1 Å². The van der Waals surface area contributed by atoms with Crippen molar-refractivity contribution in [3.63, 3.8) is 0 Å². The fourth-order valence-electron chi connectivity index (χ4n) is 2.34. The van der Waals surface area contributed by atoms with Crippen LogP contribution in [0.3, 0.4) is 0 Å². The molecule has 0 bridgehead atoms. The standard InChI is InChI=1S/C22H19NO2.C2H6.H2/c1-3-17-16-18(24-20(17)4-2)12-8-6-5-7-9-15-22-23-19-13-10-11-14-21(19)25-22;1-2;/h3-16,23H,1-2H2;1-2H3;1H/b6-5+,9-7+,12-8+,22-15-;;. The van der Waals surface area contributed by atoms with Gasteiger partial charge in [-0.3, -0.25) is 0 Å². The molecule has 0 aliphatic carbocycles. The van der Waals surface area contributed by atoms with E-state index in [4.69, 9.17) is 9.15 Å². The van der Waals surface area contributed by atoms with Crippen molar-refractivity contribution >= 4 is 23.9 Å². The second kappa shape index (κ2) is 10.5. The SMILES string of the molecule is C=Cc1cc(/C=C/C=C/C=C/C=C2/Nc3ccccc3O2)oc1C=C.CC.[HH]. The summed E-state index contributed by atoms with van der Waals surface area (Å²) >= 11 is 0. The van der Waals surface area contributed by atoms with Gasteiger partial charge in [-0.25, -0.2) is 0 Å². The number of anilines is 1. The zero-order valence-electron chi connectivity index (χ0n) is 15.8. The molecule has 0 fully saturated rings. The topological polar surface area (TPSA) is 34.4 Å². The van der Waals surface area contributed by atoms with E-state index in [1.165, 1.54) is 0 Å². The van der Waals surface area contributed by atoms with Crippen molar-refractivity contribution in [1.82, 2.24) is 0 Å². The number of nitrogens with one attached hydrogen (secondary N) is 1. The van der Waals surface area contributed by atoms with Crippen LogP contribution in [0.1, 0.15) is 32.4 Å². The van der Waals surface area contributed by atoms with E-state index in [1.54, 1.807) is 12.2 Å². The lowest BCUT2D eigenvalue weighted by molar-refractivity contribution is 0.457. The Balaban J connectivity index is 0.00000127. The van der Waals surface area contributed by atoms with Gasteiger partial charge < -0.3 is 14.5 Å². The van der Waals surface area contributed by atoms with E-state index in [2.05, 4.69) is 18.5 Å². The van der Waals surface area contributed by atoms with Crippen molar-refractivity contribution in [2.75, 3.05) is 5.32 Å². The normalized spacial score (nSPS) is 14.1. The largest absolute Gasteiger partial charge is 0.457 e. The Bertz CT molecular complexity index is 849. The molecule has 1 aromatic heterocycles. The smallest absolute Gasteiger partial charge is 0.198 e. The molecule has 3 rings (SSSR count). The van der Waals surface area contributed by atoms with Gasteiger partial charge in [-0.05, 0) is 36.4 Å². The molecule has 3 nitrogen and oxygen atoms in total. The summed E-state index contributed by atoms with van der Waals surface area (Å²) in [6, 6.07) is 9.76. The van der Waals surface area contributed by atoms with Gasteiger partial charge in [0.2, 0.25) is 0 Å². The molecule has 3 heteroatoms. The summed E-state index contributed by atoms with van der Waals surface area (Å²) in [7, 11) is 0. The maximum atomic E-state index is 5.66. The van der Waals surface area contributed by atoms with Gasteiger partial charge in [0.25, 0.3) is 0 Å². The van der Waals surface area contributed by atoms with Crippen molar-refractivity contribution in [2.45, 2.75) is 13.8 Å². The van der Waals surface area contributed by atoms with Crippen LogP contribution >= 0.6 is 0 Å². The first-order chi connectivity index (χ1) is 13.3. The maximum absolute atomic E-state index is 5.66. The fraction of sp³-hybridized carbons (Fsp3) is 0.0833. The highest BCUT2D eigenvalue weighted by Crippen LogP contribution is 2.32. The van der Waals surface area contributed by atoms with E-state index < -0.39 is 0 Å². The van der Waals surface area contributed by atoms with Gasteiger partial charge in [0.15, 0.2) is 11.6 Å². The summed E-state index contributed by atoms with van der Waals surface area (Å²) in [5.74, 6) is 3.06. The first kappa shape index (κ1) is 19.9. The number of hydrogen-bond acceptors (Lipinski definition) is 3. The quantitative estimate of drug-likeness (QED) is 0.548. The minimum atomic E-state index is 0. The summed E-state index contributed by atoms with van der Waals surface area (Å²) < 4.78 is 11.3. The summed E-state index contributed by atoms with van der Waals surface area (Å²) in [5, 5.41) is 3.20. The minimum Gasteiger partial charge on any atom is -0.457 e. The molecule has 0 saturated carbocycles. The third-order valence-electron chi connectivity index (χ3n) is 3.53.